The third kappa shape index (κ3) is 2.33. The lowest BCUT2D eigenvalue weighted by Crippen LogP contribution is -2.47. The zero-order chi connectivity index (χ0) is 14.2. The van der Waals surface area contributed by atoms with Gasteiger partial charge in [0.15, 0.2) is 0 Å². The maximum Gasteiger partial charge on any atom is 0.143 e. The molecule has 114 valence electrons. The Labute approximate surface area is 122 Å². The average molecular weight is 279 g/mol. The quantitative estimate of drug-likeness (QED) is 0.863. The van der Waals surface area contributed by atoms with Crippen molar-refractivity contribution in [1.82, 2.24) is 5.32 Å². The third-order valence-corrected chi connectivity index (χ3v) is 6.16. The second-order valence-corrected chi connectivity index (χ2v) is 7.53. The van der Waals surface area contributed by atoms with Crippen molar-refractivity contribution in [3.63, 3.8) is 0 Å². The van der Waals surface area contributed by atoms with Gasteiger partial charge < -0.3 is 10.1 Å². The zero-order valence-electron chi connectivity index (χ0n) is 13.0. The summed E-state index contributed by atoms with van der Waals surface area (Å²) in [5.74, 6) is 1.21. The highest BCUT2D eigenvalue weighted by molar-refractivity contribution is 5.88. The van der Waals surface area contributed by atoms with Gasteiger partial charge in [-0.1, -0.05) is 26.7 Å². The first-order chi connectivity index (χ1) is 9.58. The highest BCUT2D eigenvalue weighted by Crippen LogP contribution is 2.46. The second kappa shape index (κ2) is 5.42. The number of hydrogen-bond donors (Lipinski definition) is 1. The van der Waals surface area contributed by atoms with Gasteiger partial charge in [-0.15, -0.1) is 0 Å². The molecule has 0 bridgehead atoms. The van der Waals surface area contributed by atoms with Gasteiger partial charge in [0, 0.05) is 24.5 Å². The van der Waals surface area contributed by atoms with Gasteiger partial charge in [0.1, 0.15) is 5.78 Å². The van der Waals surface area contributed by atoms with Crippen LogP contribution in [0.5, 0.6) is 0 Å². The minimum Gasteiger partial charge on any atom is -0.375 e. The Hall–Kier alpha value is -0.410. The fraction of sp³-hybridized carbons (Fsp3) is 0.941. The van der Waals surface area contributed by atoms with E-state index in [9.17, 15) is 4.79 Å². The second-order valence-electron chi connectivity index (χ2n) is 7.53. The van der Waals surface area contributed by atoms with Crippen LogP contribution in [0.2, 0.25) is 0 Å². The molecule has 0 amide bonds. The standard InChI is InChI=1S/C17H29NO2/c1-13(2)17(8-9-18-12-17)15(19)14-5-10-20-16(11-14)6-3-4-7-16/h13-14,18H,3-12H2,1-2H3. The molecule has 0 aromatic carbocycles. The zero-order valence-corrected chi connectivity index (χ0v) is 13.0. The number of ketones is 1. The van der Waals surface area contributed by atoms with Gasteiger partial charge in [0.25, 0.3) is 0 Å². The maximum atomic E-state index is 13.2. The third-order valence-electron chi connectivity index (χ3n) is 6.16. The minimum absolute atomic E-state index is 0.0583. The van der Waals surface area contributed by atoms with Crippen LogP contribution in [-0.4, -0.2) is 31.1 Å². The molecule has 3 nitrogen and oxygen atoms in total. The lowest BCUT2D eigenvalue weighted by Gasteiger charge is -2.42. The van der Waals surface area contributed by atoms with Crippen LogP contribution in [-0.2, 0) is 9.53 Å². The summed E-state index contributed by atoms with van der Waals surface area (Å²) in [6, 6.07) is 0. The molecule has 1 aliphatic carbocycles. The molecule has 2 aliphatic heterocycles. The molecular weight excluding hydrogens is 250 g/mol. The van der Waals surface area contributed by atoms with Crippen LogP contribution in [0, 0.1) is 17.3 Å². The normalized spacial score (nSPS) is 36.9. The molecule has 2 unspecified atom stereocenters. The molecule has 3 aliphatic rings. The number of carbonyl (C=O) groups excluding carboxylic acids is 1. The molecule has 2 heterocycles. The Morgan fingerprint density at radius 2 is 2.00 bits per heavy atom. The molecule has 2 atom stereocenters. The summed E-state index contributed by atoms with van der Waals surface area (Å²) >= 11 is 0. The Bertz CT molecular complexity index is 365. The molecular formula is C17H29NO2. The van der Waals surface area contributed by atoms with Gasteiger partial charge in [-0.3, -0.25) is 4.79 Å². The van der Waals surface area contributed by atoms with Crippen LogP contribution >= 0.6 is 0 Å². The van der Waals surface area contributed by atoms with E-state index in [1.54, 1.807) is 0 Å². The number of nitrogens with one attached hydrogen (secondary N) is 1. The predicted octanol–water partition coefficient (Wildman–Crippen LogP) is 2.93. The molecule has 1 saturated carbocycles. The highest BCUT2D eigenvalue weighted by atomic mass is 16.5. The smallest absolute Gasteiger partial charge is 0.143 e. The van der Waals surface area contributed by atoms with Gasteiger partial charge in [-0.2, -0.15) is 0 Å². The van der Waals surface area contributed by atoms with E-state index in [1.807, 2.05) is 0 Å². The fourth-order valence-corrected chi connectivity index (χ4v) is 4.72. The first kappa shape index (κ1) is 14.5. The molecule has 3 rings (SSSR count). The van der Waals surface area contributed by atoms with E-state index in [0.717, 1.165) is 39.0 Å². The predicted molar refractivity (Wildman–Crippen MR) is 79.6 cm³/mol. The van der Waals surface area contributed by atoms with Crippen LogP contribution in [0.25, 0.3) is 0 Å². The van der Waals surface area contributed by atoms with Crippen LogP contribution in [0.3, 0.4) is 0 Å². The number of ether oxygens (including phenoxy) is 1. The topological polar surface area (TPSA) is 38.3 Å². The van der Waals surface area contributed by atoms with E-state index in [-0.39, 0.29) is 16.9 Å². The van der Waals surface area contributed by atoms with Gasteiger partial charge in [-0.25, -0.2) is 0 Å². The molecule has 3 fully saturated rings. The van der Waals surface area contributed by atoms with Crippen molar-refractivity contribution in [2.24, 2.45) is 17.3 Å². The summed E-state index contributed by atoms with van der Waals surface area (Å²) in [7, 11) is 0. The molecule has 3 heteroatoms. The van der Waals surface area contributed by atoms with Crippen LogP contribution < -0.4 is 5.32 Å². The molecule has 1 N–H and O–H groups in total. The van der Waals surface area contributed by atoms with E-state index < -0.39 is 0 Å². The SMILES string of the molecule is CC(C)C1(C(=O)C2CCOC3(CCCC3)C2)CCNC1. The average Bonchev–Trinajstić information content (AvgIpc) is 3.08. The monoisotopic (exact) mass is 279 g/mol. The lowest BCUT2D eigenvalue weighted by molar-refractivity contribution is -0.147. The van der Waals surface area contributed by atoms with Crippen molar-refractivity contribution < 1.29 is 9.53 Å². The first-order valence-electron chi connectivity index (χ1n) is 8.47. The van der Waals surface area contributed by atoms with E-state index in [4.69, 9.17) is 4.74 Å². The van der Waals surface area contributed by atoms with E-state index in [1.165, 1.54) is 25.7 Å². The highest BCUT2D eigenvalue weighted by Gasteiger charge is 2.50. The number of Topliss-reactive ketones (excluding diaryl/α,β-unsaturated/α-hetero) is 1. The molecule has 0 aromatic heterocycles. The summed E-state index contributed by atoms with van der Waals surface area (Å²) in [4.78, 5) is 13.2. The van der Waals surface area contributed by atoms with Gasteiger partial charge >= 0.3 is 0 Å². The minimum atomic E-state index is -0.109. The van der Waals surface area contributed by atoms with Gasteiger partial charge in [0.05, 0.1) is 5.60 Å². The van der Waals surface area contributed by atoms with Crippen molar-refractivity contribution in [3.05, 3.63) is 0 Å². The van der Waals surface area contributed by atoms with E-state index >= 15 is 0 Å². The molecule has 1 spiro atoms. The number of hydrogen-bond acceptors (Lipinski definition) is 3. The van der Waals surface area contributed by atoms with Crippen LogP contribution in [0.15, 0.2) is 0 Å². The van der Waals surface area contributed by atoms with Gasteiger partial charge in [-0.05, 0) is 44.6 Å². The van der Waals surface area contributed by atoms with E-state index in [0.29, 0.717) is 11.7 Å². The largest absolute Gasteiger partial charge is 0.375 e. The summed E-state index contributed by atoms with van der Waals surface area (Å²) in [5.41, 5.74) is -0.0510. The van der Waals surface area contributed by atoms with Crippen molar-refractivity contribution >= 4 is 5.78 Å². The fourth-order valence-electron chi connectivity index (χ4n) is 4.72. The molecule has 20 heavy (non-hydrogen) atoms. The van der Waals surface area contributed by atoms with Gasteiger partial charge in [0.2, 0.25) is 0 Å². The van der Waals surface area contributed by atoms with E-state index in [2.05, 4.69) is 19.2 Å². The lowest BCUT2D eigenvalue weighted by atomic mass is 9.66. The van der Waals surface area contributed by atoms with Crippen molar-refractivity contribution in [1.29, 1.82) is 0 Å². The summed E-state index contributed by atoms with van der Waals surface area (Å²) < 4.78 is 6.10. The Morgan fingerprint density at radius 1 is 1.25 bits per heavy atom. The molecule has 2 saturated heterocycles. The van der Waals surface area contributed by atoms with Crippen molar-refractivity contribution in [2.45, 2.75) is 64.4 Å². The summed E-state index contributed by atoms with van der Waals surface area (Å²) in [5, 5.41) is 3.42. The maximum absolute atomic E-state index is 13.2. The molecule has 0 radical (unpaired) electrons. The summed E-state index contributed by atoms with van der Waals surface area (Å²) in [6.45, 7) is 7.11. The Balaban J connectivity index is 1.76. The van der Waals surface area contributed by atoms with Crippen molar-refractivity contribution in [2.75, 3.05) is 19.7 Å². The summed E-state index contributed by atoms with van der Waals surface area (Å²) in [6.07, 6.45) is 7.84. The van der Waals surface area contributed by atoms with Crippen LogP contribution in [0.1, 0.15) is 58.8 Å². The Kier molecular flexibility index (Phi) is 3.93. The molecule has 0 aromatic rings. The number of carbonyl (C=O) groups is 1. The number of rotatable bonds is 3. The first-order valence-corrected chi connectivity index (χ1v) is 8.47. The van der Waals surface area contributed by atoms with Crippen molar-refractivity contribution in [3.8, 4) is 0 Å². The van der Waals surface area contributed by atoms with Crippen LogP contribution in [0.4, 0.5) is 0 Å². The Morgan fingerprint density at radius 3 is 2.60 bits per heavy atom.